The van der Waals surface area contributed by atoms with E-state index in [1.54, 1.807) is 17.3 Å². The standard InChI is InChI=1S/C19H24N4O3/c1-3-25-14-5-7-22(10-14)11-18-21-16(12-26-18)19(24)23-9-13(2)15-4-6-20-8-17(15)23/h4,6,8,12-14H,3,5,7,9-11H2,1-2H3. The van der Waals surface area contributed by atoms with Gasteiger partial charge in [-0.3, -0.25) is 14.7 Å². The molecule has 7 nitrogen and oxygen atoms in total. The molecule has 1 amide bonds. The molecule has 0 saturated carbocycles. The number of hydrogen-bond acceptors (Lipinski definition) is 6. The van der Waals surface area contributed by atoms with Crippen LogP contribution in [-0.4, -0.2) is 53.1 Å². The number of anilines is 1. The highest BCUT2D eigenvalue weighted by Crippen LogP contribution is 2.35. The fourth-order valence-corrected chi connectivity index (χ4v) is 3.83. The average molecular weight is 356 g/mol. The van der Waals surface area contributed by atoms with Crippen LogP contribution in [0.4, 0.5) is 5.69 Å². The Bertz CT molecular complexity index is 791. The summed E-state index contributed by atoms with van der Waals surface area (Å²) in [4.78, 5) is 25.5. The Labute approximate surface area is 153 Å². The number of likely N-dealkylation sites (tertiary alicyclic amines) is 1. The molecular weight excluding hydrogens is 332 g/mol. The van der Waals surface area contributed by atoms with Gasteiger partial charge in [-0.25, -0.2) is 4.98 Å². The maximum Gasteiger partial charge on any atom is 0.280 e. The normalized spacial score (nSPS) is 22.8. The van der Waals surface area contributed by atoms with Crippen molar-refractivity contribution in [2.24, 2.45) is 0 Å². The van der Waals surface area contributed by atoms with Gasteiger partial charge in [-0.05, 0) is 25.0 Å². The van der Waals surface area contributed by atoms with Gasteiger partial charge in [-0.1, -0.05) is 6.92 Å². The van der Waals surface area contributed by atoms with E-state index in [9.17, 15) is 4.79 Å². The summed E-state index contributed by atoms with van der Waals surface area (Å²) in [6.45, 7) is 7.95. The second-order valence-electron chi connectivity index (χ2n) is 6.98. The Morgan fingerprint density at radius 3 is 3.15 bits per heavy atom. The quantitative estimate of drug-likeness (QED) is 0.819. The summed E-state index contributed by atoms with van der Waals surface area (Å²) in [6.07, 6.45) is 6.28. The Hall–Kier alpha value is -2.25. The Kier molecular flexibility index (Phi) is 4.74. The van der Waals surface area contributed by atoms with Crippen LogP contribution >= 0.6 is 0 Å². The first-order chi connectivity index (χ1) is 12.7. The first-order valence-electron chi connectivity index (χ1n) is 9.19. The lowest BCUT2D eigenvalue weighted by Gasteiger charge is -2.15. The fraction of sp³-hybridized carbons (Fsp3) is 0.526. The van der Waals surface area contributed by atoms with Gasteiger partial charge in [-0.15, -0.1) is 0 Å². The Morgan fingerprint density at radius 2 is 2.31 bits per heavy atom. The van der Waals surface area contributed by atoms with Crippen molar-refractivity contribution in [1.82, 2.24) is 14.9 Å². The molecule has 2 atom stereocenters. The van der Waals surface area contributed by atoms with E-state index in [0.717, 1.165) is 37.4 Å². The molecule has 0 aliphatic carbocycles. The third-order valence-corrected chi connectivity index (χ3v) is 5.12. The first kappa shape index (κ1) is 17.2. The van der Waals surface area contributed by atoms with E-state index in [4.69, 9.17) is 9.15 Å². The van der Waals surface area contributed by atoms with Gasteiger partial charge < -0.3 is 14.1 Å². The maximum atomic E-state index is 12.9. The summed E-state index contributed by atoms with van der Waals surface area (Å²) in [5.41, 5.74) is 2.37. The monoisotopic (exact) mass is 356 g/mol. The SMILES string of the molecule is CCOC1CCN(Cc2nc(C(=O)N3CC(C)c4ccncc43)co2)C1. The number of oxazole rings is 1. The van der Waals surface area contributed by atoms with Crippen molar-refractivity contribution in [3.63, 3.8) is 0 Å². The van der Waals surface area contributed by atoms with Crippen LogP contribution in [0, 0.1) is 0 Å². The lowest BCUT2D eigenvalue weighted by atomic mass is 10.1. The number of hydrogen-bond donors (Lipinski definition) is 0. The molecule has 7 heteroatoms. The van der Waals surface area contributed by atoms with Crippen LogP contribution in [0.15, 0.2) is 29.1 Å². The summed E-state index contributed by atoms with van der Waals surface area (Å²) in [5.74, 6) is 0.736. The van der Waals surface area contributed by atoms with Gasteiger partial charge in [0.05, 0.1) is 24.5 Å². The zero-order valence-corrected chi connectivity index (χ0v) is 15.2. The van der Waals surface area contributed by atoms with E-state index in [1.807, 2.05) is 13.0 Å². The number of amides is 1. The number of fused-ring (bicyclic) bond motifs is 1. The van der Waals surface area contributed by atoms with E-state index in [1.165, 1.54) is 6.26 Å². The highest BCUT2D eigenvalue weighted by Gasteiger charge is 2.32. The molecule has 4 rings (SSSR count). The molecule has 0 N–H and O–H groups in total. The lowest BCUT2D eigenvalue weighted by Crippen LogP contribution is -2.30. The van der Waals surface area contributed by atoms with E-state index >= 15 is 0 Å². The smallest absolute Gasteiger partial charge is 0.280 e. The second kappa shape index (κ2) is 7.17. The van der Waals surface area contributed by atoms with E-state index in [0.29, 0.717) is 30.6 Å². The number of nitrogens with zero attached hydrogens (tertiary/aromatic N) is 4. The van der Waals surface area contributed by atoms with E-state index < -0.39 is 0 Å². The molecule has 1 saturated heterocycles. The summed E-state index contributed by atoms with van der Waals surface area (Å²) >= 11 is 0. The lowest BCUT2D eigenvalue weighted by molar-refractivity contribution is 0.0675. The minimum Gasteiger partial charge on any atom is -0.447 e. The van der Waals surface area contributed by atoms with Gasteiger partial charge in [0.1, 0.15) is 6.26 Å². The predicted octanol–water partition coefficient (Wildman–Crippen LogP) is 2.44. The molecule has 1 fully saturated rings. The Morgan fingerprint density at radius 1 is 1.42 bits per heavy atom. The number of pyridine rings is 1. The summed E-state index contributed by atoms with van der Waals surface area (Å²) < 4.78 is 11.2. The third kappa shape index (κ3) is 3.24. The molecule has 26 heavy (non-hydrogen) atoms. The fourth-order valence-electron chi connectivity index (χ4n) is 3.83. The zero-order chi connectivity index (χ0) is 18.1. The third-order valence-electron chi connectivity index (χ3n) is 5.12. The highest BCUT2D eigenvalue weighted by molar-refractivity contribution is 6.06. The molecule has 2 aliphatic heterocycles. The second-order valence-corrected chi connectivity index (χ2v) is 6.98. The van der Waals surface area contributed by atoms with Crippen molar-refractivity contribution < 1.29 is 13.9 Å². The largest absolute Gasteiger partial charge is 0.447 e. The zero-order valence-electron chi connectivity index (χ0n) is 15.2. The molecule has 0 bridgehead atoms. The summed E-state index contributed by atoms with van der Waals surface area (Å²) in [5, 5.41) is 0. The van der Waals surface area contributed by atoms with Crippen molar-refractivity contribution in [3.8, 4) is 0 Å². The number of ether oxygens (including phenoxy) is 1. The van der Waals surface area contributed by atoms with Gasteiger partial charge in [0.25, 0.3) is 5.91 Å². The summed E-state index contributed by atoms with van der Waals surface area (Å²) in [6, 6.07) is 1.98. The van der Waals surface area contributed by atoms with Gasteiger partial charge in [-0.2, -0.15) is 0 Å². The molecule has 0 spiro atoms. The van der Waals surface area contributed by atoms with E-state index in [-0.39, 0.29) is 12.0 Å². The minimum absolute atomic E-state index is 0.132. The number of aromatic nitrogens is 2. The van der Waals surface area contributed by atoms with Crippen LogP contribution in [0.2, 0.25) is 0 Å². The van der Waals surface area contributed by atoms with Crippen LogP contribution in [0.1, 0.15) is 48.1 Å². The van der Waals surface area contributed by atoms with Crippen LogP contribution in [-0.2, 0) is 11.3 Å². The highest BCUT2D eigenvalue weighted by atomic mass is 16.5. The molecule has 138 valence electrons. The van der Waals surface area contributed by atoms with E-state index in [2.05, 4.69) is 21.8 Å². The predicted molar refractivity (Wildman–Crippen MR) is 96.1 cm³/mol. The average Bonchev–Trinajstić information content (AvgIpc) is 3.36. The van der Waals surface area contributed by atoms with Gasteiger partial charge in [0.15, 0.2) is 5.69 Å². The summed E-state index contributed by atoms with van der Waals surface area (Å²) in [7, 11) is 0. The first-order valence-corrected chi connectivity index (χ1v) is 9.19. The van der Waals surface area contributed by atoms with Gasteiger partial charge in [0.2, 0.25) is 5.89 Å². The topological polar surface area (TPSA) is 71.7 Å². The van der Waals surface area contributed by atoms with Crippen LogP contribution < -0.4 is 4.90 Å². The van der Waals surface area contributed by atoms with Crippen molar-refractivity contribution in [3.05, 3.63) is 41.9 Å². The molecule has 2 aromatic heterocycles. The molecular formula is C19H24N4O3. The maximum absolute atomic E-state index is 12.9. The molecule has 2 aromatic rings. The number of carbonyl (C=O) groups excluding carboxylic acids is 1. The van der Waals surface area contributed by atoms with Crippen molar-refractivity contribution in [1.29, 1.82) is 0 Å². The van der Waals surface area contributed by atoms with Crippen LogP contribution in [0.25, 0.3) is 0 Å². The van der Waals surface area contributed by atoms with Crippen molar-refractivity contribution in [2.75, 3.05) is 31.1 Å². The van der Waals surface area contributed by atoms with Crippen LogP contribution in [0.5, 0.6) is 0 Å². The molecule has 2 aliphatic rings. The number of carbonyl (C=O) groups is 1. The minimum atomic E-state index is -0.132. The molecule has 2 unspecified atom stereocenters. The van der Waals surface area contributed by atoms with Gasteiger partial charge >= 0.3 is 0 Å². The van der Waals surface area contributed by atoms with Gasteiger partial charge in [0, 0.05) is 38.4 Å². The Balaban J connectivity index is 1.43. The molecule has 4 heterocycles. The van der Waals surface area contributed by atoms with Crippen molar-refractivity contribution >= 4 is 11.6 Å². The van der Waals surface area contributed by atoms with Crippen molar-refractivity contribution in [2.45, 2.75) is 38.8 Å². The van der Waals surface area contributed by atoms with Crippen LogP contribution in [0.3, 0.4) is 0 Å². The molecule has 0 radical (unpaired) electrons. The molecule has 0 aromatic carbocycles. The number of rotatable bonds is 5.